The zero-order chi connectivity index (χ0) is 21.0. The van der Waals surface area contributed by atoms with Crippen LogP contribution in [0, 0.1) is 5.82 Å². The number of aromatic nitrogens is 1. The van der Waals surface area contributed by atoms with Gasteiger partial charge in [-0.1, -0.05) is 11.6 Å². The normalized spacial score (nSPS) is 14.2. The van der Waals surface area contributed by atoms with Crippen LogP contribution in [0.2, 0.25) is 5.02 Å². The summed E-state index contributed by atoms with van der Waals surface area (Å²) in [6.45, 7) is 7.08. The van der Waals surface area contributed by atoms with Gasteiger partial charge in [0, 0.05) is 37.2 Å². The van der Waals surface area contributed by atoms with Crippen molar-refractivity contribution >= 4 is 47.5 Å². The zero-order valence-electron chi connectivity index (χ0n) is 16.7. The molecule has 10 heteroatoms. The van der Waals surface area contributed by atoms with E-state index in [0.717, 1.165) is 19.3 Å². The Labute approximate surface area is 186 Å². The third-order valence-electron chi connectivity index (χ3n) is 4.77. The minimum atomic E-state index is -0.508. The molecule has 0 spiro atoms. The minimum Gasteiger partial charge on any atom is -0.322 e. The monoisotopic (exact) mass is 455 g/mol. The molecule has 2 heterocycles. The highest BCUT2D eigenvalue weighted by Crippen LogP contribution is 2.22. The molecule has 1 aliphatic rings. The Balaban J connectivity index is 0.00000320. The number of hydrogen-bond acceptors (Lipinski definition) is 4. The van der Waals surface area contributed by atoms with E-state index in [1.165, 1.54) is 18.2 Å². The quantitative estimate of drug-likeness (QED) is 0.726. The lowest BCUT2D eigenvalue weighted by Crippen LogP contribution is -2.51. The molecule has 0 saturated carbocycles. The molecule has 1 fully saturated rings. The van der Waals surface area contributed by atoms with Crippen molar-refractivity contribution in [1.82, 2.24) is 14.8 Å². The van der Waals surface area contributed by atoms with Crippen LogP contribution in [0.4, 0.5) is 20.7 Å². The van der Waals surface area contributed by atoms with Gasteiger partial charge in [-0.05, 0) is 44.2 Å². The van der Waals surface area contributed by atoms with Crippen LogP contribution in [0.5, 0.6) is 0 Å². The van der Waals surface area contributed by atoms with Crippen LogP contribution in [0.15, 0.2) is 36.5 Å². The summed E-state index contributed by atoms with van der Waals surface area (Å²) in [4.78, 5) is 33.2. The first-order chi connectivity index (χ1) is 13.8. The van der Waals surface area contributed by atoms with Crippen molar-refractivity contribution in [1.29, 1.82) is 0 Å². The van der Waals surface area contributed by atoms with Gasteiger partial charge in [0.15, 0.2) is 0 Å². The molecule has 3 amide bonds. The Bertz CT molecular complexity index is 887. The lowest BCUT2D eigenvalue weighted by atomic mass is 10.1. The smallest absolute Gasteiger partial charge is 0.321 e. The number of urea groups is 1. The minimum absolute atomic E-state index is 0. The largest absolute Gasteiger partial charge is 0.322 e. The summed E-state index contributed by atoms with van der Waals surface area (Å²) >= 11 is 6.04. The number of piperazine rings is 1. The topological polar surface area (TPSA) is 77.6 Å². The Hall–Kier alpha value is -2.42. The summed E-state index contributed by atoms with van der Waals surface area (Å²) in [6.07, 6.45) is 1.01. The summed E-state index contributed by atoms with van der Waals surface area (Å²) in [6, 6.07) is 7.35. The van der Waals surface area contributed by atoms with Crippen molar-refractivity contribution in [3.05, 3.63) is 52.9 Å². The van der Waals surface area contributed by atoms with Gasteiger partial charge in [-0.25, -0.2) is 14.2 Å². The number of carbonyl (C=O) groups excluding carboxylic acids is 2. The molecule has 2 aromatic rings. The van der Waals surface area contributed by atoms with E-state index in [2.05, 4.69) is 34.4 Å². The van der Waals surface area contributed by atoms with Gasteiger partial charge in [-0.3, -0.25) is 9.69 Å². The number of hydrogen-bond donors (Lipinski definition) is 2. The maximum Gasteiger partial charge on any atom is 0.321 e. The molecule has 0 aliphatic carbocycles. The van der Waals surface area contributed by atoms with E-state index < -0.39 is 11.7 Å². The van der Waals surface area contributed by atoms with Crippen molar-refractivity contribution in [3.8, 4) is 0 Å². The lowest BCUT2D eigenvalue weighted by molar-refractivity contribution is 0.102. The van der Waals surface area contributed by atoms with Crippen LogP contribution in [0.1, 0.15) is 24.2 Å². The van der Waals surface area contributed by atoms with Gasteiger partial charge in [-0.2, -0.15) is 0 Å². The first-order valence-electron chi connectivity index (χ1n) is 9.36. The number of anilines is 2. The number of nitrogens with one attached hydrogen (secondary N) is 2. The maximum absolute atomic E-state index is 13.0. The van der Waals surface area contributed by atoms with E-state index in [1.807, 2.05) is 0 Å². The van der Waals surface area contributed by atoms with Crippen molar-refractivity contribution in [2.45, 2.75) is 19.9 Å². The first kappa shape index (κ1) is 23.9. The number of rotatable bonds is 4. The Morgan fingerprint density at radius 2 is 1.80 bits per heavy atom. The molecule has 2 N–H and O–H groups in total. The van der Waals surface area contributed by atoms with Gasteiger partial charge in [0.2, 0.25) is 0 Å². The van der Waals surface area contributed by atoms with Gasteiger partial charge < -0.3 is 15.5 Å². The predicted octanol–water partition coefficient (Wildman–Crippen LogP) is 4.11. The van der Waals surface area contributed by atoms with Gasteiger partial charge in [0.25, 0.3) is 5.91 Å². The van der Waals surface area contributed by atoms with Crippen molar-refractivity contribution < 1.29 is 14.0 Å². The second-order valence-corrected chi connectivity index (χ2v) is 7.49. The molecule has 1 aromatic heterocycles. The summed E-state index contributed by atoms with van der Waals surface area (Å²) in [5.41, 5.74) is 0.531. The molecule has 3 rings (SSSR count). The number of pyridine rings is 1. The maximum atomic E-state index is 13.0. The fourth-order valence-electron chi connectivity index (χ4n) is 3.08. The predicted molar refractivity (Wildman–Crippen MR) is 118 cm³/mol. The van der Waals surface area contributed by atoms with E-state index in [0.29, 0.717) is 29.8 Å². The number of benzene rings is 1. The Morgan fingerprint density at radius 1 is 1.10 bits per heavy atom. The van der Waals surface area contributed by atoms with Crippen LogP contribution < -0.4 is 10.6 Å². The van der Waals surface area contributed by atoms with E-state index >= 15 is 0 Å². The molecule has 1 aromatic carbocycles. The molecule has 0 atom stereocenters. The van der Waals surface area contributed by atoms with Crippen LogP contribution in [-0.4, -0.2) is 58.9 Å². The summed E-state index contributed by atoms with van der Waals surface area (Å²) in [5.74, 6) is -0.818. The fraction of sp³-hybridized carbons (Fsp3) is 0.350. The zero-order valence-corrected chi connectivity index (χ0v) is 18.3. The number of nitrogens with zero attached hydrogens (tertiary/aromatic N) is 3. The highest BCUT2D eigenvalue weighted by atomic mass is 35.5. The average molecular weight is 456 g/mol. The number of carbonyl (C=O) groups is 2. The third kappa shape index (κ3) is 6.04. The SMILES string of the molecule is CC(C)N1CCN(C(=O)Nc2ccc(Cl)cc2C(=O)Nc2ccc(F)cn2)CC1.Cl. The molecule has 0 bridgehead atoms. The van der Waals surface area contributed by atoms with Crippen LogP contribution in [0.3, 0.4) is 0 Å². The fourth-order valence-corrected chi connectivity index (χ4v) is 3.25. The summed E-state index contributed by atoms with van der Waals surface area (Å²) < 4.78 is 13.0. The van der Waals surface area contributed by atoms with Crippen LogP contribution in [-0.2, 0) is 0 Å². The van der Waals surface area contributed by atoms with E-state index in [1.54, 1.807) is 17.0 Å². The molecule has 0 radical (unpaired) electrons. The molecule has 7 nitrogen and oxygen atoms in total. The van der Waals surface area contributed by atoms with Crippen molar-refractivity contribution in [3.63, 3.8) is 0 Å². The van der Waals surface area contributed by atoms with Gasteiger partial charge in [0.1, 0.15) is 11.6 Å². The van der Waals surface area contributed by atoms with Gasteiger partial charge in [0.05, 0.1) is 17.4 Å². The van der Waals surface area contributed by atoms with Crippen LogP contribution >= 0.6 is 24.0 Å². The Morgan fingerprint density at radius 3 is 2.40 bits per heavy atom. The highest BCUT2D eigenvalue weighted by molar-refractivity contribution is 6.31. The van der Waals surface area contributed by atoms with Crippen molar-refractivity contribution in [2.75, 3.05) is 36.8 Å². The van der Waals surface area contributed by atoms with E-state index in [4.69, 9.17) is 11.6 Å². The summed E-state index contributed by atoms with van der Waals surface area (Å²) in [7, 11) is 0. The van der Waals surface area contributed by atoms with Gasteiger partial charge >= 0.3 is 6.03 Å². The molecular weight excluding hydrogens is 432 g/mol. The number of halogens is 3. The molecule has 162 valence electrons. The second-order valence-electron chi connectivity index (χ2n) is 7.05. The molecule has 1 saturated heterocycles. The van der Waals surface area contributed by atoms with E-state index in [-0.39, 0.29) is 29.8 Å². The lowest BCUT2D eigenvalue weighted by Gasteiger charge is -2.36. The second kappa shape index (κ2) is 10.6. The highest BCUT2D eigenvalue weighted by Gasteiger charge is 2.23. The molecular formula is C20H24Cl2FN5O2. The standard InChI is InChI=1S/C20H23ClFN5O2.ClH/c1-13(2)26-7-9-27(10-8-26)20(29)24-17-5-3-14(21)11-16(17)19(28)25-18-6-4-15(22)12-23-18;/h3-6,11-13H,7-10H2,1-2H3,(H,24,29)(H,23,25,28);1H. The number of amides is 3. The van der Waals surface area contributed by atoms with E-state index in [9.17, 15) is 14.0 Å². The molecule has 1 aliphatic heterocycles. The van der Waals surface area contributed by atoms with Crippen molar-refractivity contribution in [2.24, 2.45) is 0 Å². The molecule has 0 unspecified atom stereocenters. The summed E-state index contributed by atoms with van der Waals surface area (Å²) in [5, 5.41) is 5.73. The van der Waals surface area contributed by atoms with Crippen LogP contribution in [0.25, 0.3) is 0 Å². The third-order valence-corrected chi connectivity index (χ3v) is 5.00. The average Bonchev–Trinajstić information content (AvgIpc) is 2.71. The Kier molecular flexibility index (Phi) is 8.40. The molecule has 30 heavy (non-hydrogen) atoms. The van der Waals surface area contributed by atoms with Gasteiger partial charge in [-0.15, -0.1) is 12.4 Å². The first-order valence-corrected chi connectivity index (χ1v) is 9.73.